The second kappa shape index (κ2) is 4.94. The molecule has 2 aromatic rings. The number of hydrogen-bond acceptors (Lipinski definition) is 5. The molecule has 20 heavy (non-hydrogen) atoms. The molecule has 0 saturated heterocycles. The third-order valence-corrected chi connectivity index (χ3v) is 4.11. The summed E-state index contributed by atoms with van der Waals surface area (Å²) >= 11 is 0. The molecule has 106 valence electrons. The number of hydrogen-bond donors (Lipinski definition) is 3. The minimum Gasteiger partial charge on any atom is -0.397 e. The normalized spacial score (nSPS) is 11.4. The van der Waals surface area contributed by atoms with Gasteiger partial charge in [-0.05, 0) is 25.2 Å². The first-order valence-electron chi connectivity index (χ1n) is 5.53. The molecule has 0 unspecified atom stereocenters. The van der Waals surface area contributed by atoms with E-state index in [1.807, 2.05) is 0 Å². The van der Waals surface area contributed by atoms with Gasteiger partial charge in [0.1, 0.15) is 0 Å². The van der Waals surface area contributed by atoms with Crippen LogP contribution < -0.4 is 16.2 Å². The van der Waals surface area contributed by atoms with Crippen LogP contribution in [0.15, 0.2) is 35.5 Å². The summed E-state index contributed by atoms with van der Waals surface area (Å²) in [6.07, 6.45) is 2.66. The van der Waals surface area contributed by atoms with Crippen LogP contribution in [0.2, 0.25) is 0 Å². The van der Waals surface area contributed by atoms with Gasteiger partial charge in [-0.25, -0.2) is 17.8 Å². The van der Waals surface area contributed by atoms with Crippen LogP contribution in [-0.2, 0) is 10.0 Å². The summed E-state index contributed by atoms with van der Waals surface area (Å²) in [5.41, 5.74) is 11.8. The maximum absolute atomic E-state index is 11.8. The number of amides is 1. The highest BCUT2D eigenvalue weighted by atomic mass is 32.2. The van der Waals surface area contributed by atoms with E-state index >= 15 is 0 Å². The van der Waals surface area contributed by atoms with Crippen molar-refractivity contribution >= 4 is 21.6 Å². The van der Waals surface area contributed by atoms with Gasteiger partial charge in [-0.1, -0.05) is 0 Å². The van der Waals surface area contributed by atoms with E-state index in [1.54, 1.807) is 0 Å². The molecule has 0 aliphatic rings. The minimum atomic E-state index is -3.59. The Labute approximate surface area is 115 Å². The Bertz CT molecular complexity index is 766. The van der Waals surface area contributed by atoms with E-state index in [1.165, 1.54) is 42.3 Å². The smallest absolute Gasteiger partial charge is 0.251 e. The molecule has 5 N–H and O–H groups in total. The number of anilines is 1. The molecule has 1 amide bonds. The van der Waals surface area contributed by atoms with E-state index in [0.717, 1.165) is 0 Å². The number of nitrogens with one attached hydrogen (secondary N) is 1. The van der Waals surface area contributed by atoms with Gasteiger partial charge in [0.05, 0.1) is 28.0 Å². The Morgan fingerprint density at radius 2 is 2.10 bits per heavy atom. The van der Waals surface area contributed by atoms with Crippen LogP contribution in [-0.4, -0.2) is 31.2 Å². The van der Waals surface area contributed by atoms with Crippen LogP contribution in [0.5, 0.6) is 0 Å². The van der Waals surface area contributed by atoms with Crippen molar-refractivity contribution in [2.75, 3.05) is 12.8 Å². The summed E-state index contributed by atoms with van der Waals surface area (Å²) in [6.45, 7) is 0. The Morgan fingerprint density at radius 1 is 1.40 bits per heavy atom. The summed E-state index contributed by atoms with van der Waals surface area (Å²) in [7, 11) is -2.28. The number of nitrogens with two attached hydrogens (primary N) is 2. The number of sulfonamides is 1. The summed E-state index contributed by atoms with van der Waals surface area (Å²) in [6, 6.07) is 4.19. The molecular formula is C11H13N5O3S. The quantitative estimate of drug-likeness (QED) is 0.651. The highest BCUT2D eigenvalue weighted by Crippen LogP contribution is 2.21. The van der Waals surface area contributed by atoms with Crippen molar-refractivity contribution in [3.8, 4) is 5.69 Å². The van der Waals surface area contributed by atoms with Gasteiger partial charge in [0.15, 0.2) is 0 Å². The highest BCUT2D eigenvalue weighted by Gasteiger charge is 2.15. The second-order valence-electron chi connectivity index (χ2n) is 3.97. The van der Waals surface area contributed by atoms with Crippen LogP contribution in [0.4, 0.5) is 5.69 Å². The lowest BCUT2D eigenvalue weighted by Crippen LogP contribution is -2.19. The fourth-order valence-electron chi connectivity index (χ4n) is 1.59. The minimum absolute atomic E-state index is 0.0420. The standard InChI is InChI=1S/C11H13N5O3S/c1-14-20(18,19)8-2-3-9(12)10(4-8)16-6-7(5-15-16)11(13)17/h2-6,14H,12H2,1H3,(H2,13,17). The summed E-state index contributed by atoms with van der Waals surface area (Å²) in [5, 5.41) is 3.94. The molecule has 9 heteroatoms. The number of primary amides is 1. The third-order valence-electron chi connectivity index (χ3n) is 2.69. The lowest BCUT2D eigenvalue weighted by Gasteiger charge is -2.08. The van der Waals surface area contributed by atoms with Gasteiger partial charge in [-0.15, -0.1) is 0 Å². The monoisotopic (exact) mass is 295 g/mol. The number of benzene rings is 1. The molecule has 1 aromatic carbocycles. The molecule has 0 atom stereocenters. The first-order chi connectivity index (χ1) is 9.35. The zero-order valence-electron chi connectivity index (χ0n) is 10.6. The van der Waals surface area contributed by atoms with Crippen molar-refractivity contribution in [3.05, 3.63) is 36.2 Å². The first-order valence-corrected chi connectivity index (χ1v) is 7.01. The molecule has 0 bridgehead atoms. The summed E-state index contributed by atoms with van der Waals surface area (Å²) in [4.78, 5) is 11.1. The average molecular weight is 295 g/mol. The number of nitrogen functional groups attached to an aromatic ring is 1. The summed E-state index contributed by atoms with van der Waals surface area (Å²) < 4.78 is 27.0. The van der Waals surface area contributed by atoms with Gasteiger partial charge >= 0.3 is 0 Å². The van der Waals surface area contributed by atoms with Crippen molar-refractivity contribution in [3.63, 3.8) is 0 Å². The first kappa shape index (κ1) is 14.0. The van der Waals surface area contributed by atoms with Gasteiger partial charge in [-0.2, -0.15) is 5.10 Å². The van der Waals surface area contributed by atoms with Crippen LogP contribution >= 0.6 is 0 Å². The molecule has 0 spiro atoms. The molecule has 2 rings (SSSR count). The maximum atomic E-state index is 11.8. The van der Waals surface area contributed by atoms with Gasteiger partial charge in [0.25, 0.3) is 5.91 Å². The number of aromatic nitrogens is 2. The van der Waals surface area contributed by atoms with E-state index in [0.29, 0.717) is 11.4 Å². The Balaban J connectivity index is 2.56. The fourth-order valence-corrected chi connectivity index (χ4v) is 2.34. The lowest BCUT2D eigenvalue weighted by molar-refractivity contribution is 0.100. The molecule has 0 aliphatic heterocycles. The van der Waals surface area contributed by atoms with E-state index in [-0.39, 0.29) is 10.5 Å². The van der Waals surface area contributed by atoms with E-state index in [2.05, 4.69) is 9.82 Å². The predicted molar refractivity (Wildman–Crippen MR) is 72.7 cm³/mol. The Hall–Kier alpha value is -2.39. The molecule has 1 heterocycles. The van der Waals surface area contributed by atoms with Crippen molar-refractivity contribution in [1.29, 1.82) is 0 Å². The van der Waals surface area contributed by atoms with Crippen LogP contribution in [0, 0.1) is 0 Å². The van der Waals surface area contributed by atoms with E-state index < -0.39 is 15.9 Å². The number of carbonyl (C=O) groups excluding carboxylic acids is 1. The summed E-state index contributed by atoms with van der Waals surface area (Å²) in [5.74, 6) is -0.631. The largest absolute Gasteiger partial charge is 0.397 e. The van der Waals surface area contributed by atoms with Crippen LogP contribution in [0.1, 0.15) is 10.4 Å². The van der Waals surface area contributed by atoms with Crippen molar-refractivity contribution in [2.24, 2.45) is 5.73 Å². The average Bonchev–Trinajstić information content (AvgIpc) is 2.88. The molecule has 1 aromatic heterocycles. The third kappa shape index (κ3) is 2.49. The molecule has 0 fully saturated rings. The van der Waals surface area contributed by atoms with Gasteiger partial charge in [0.2, 0.25) is 10.0 Å². The van der Waals surface area contributed by atoms with Crippen molar-refractivity contribution < 1.29 is 13.2 Å². The maximum Gasteiger partial charge on any atom is 0.251 e. The molecule has 0 radical (unpaired) electrons. The fraction of sp³-hybridized carbons (Fsp3) is 0.0909. The van der Waals surface area contributed by atoms with E-state index in [9.17, 15) is 13.2 Å². The van der Waals surface area contributed by atoms with Gasteiger partial charge in [0, 0.05) is 6.20 Å². The van der Waals surface area contributed by atoms with Crippen molar-refractivity contribution in [2.45, 2.75) is 4.90 Å². The topological polar surface area (TPSA) is 133 Å². The molecule has 8 nitrogen and oxygen atoms in total. The number of nitrogens with zero attached hydrogens (tertiary/aromatic N) is 2. The van der Waals surface area contributed by atoms with E-state index in [4.69, 9.17) is 11.5 Å². The predicted octanol–water partition coefficient (Wildman–Crippen LogP) is -0.538. The van der Waals surface area contributed by atoms with Crippen molar-refractivity contribution in [1.82, 2.24) is 14.5 Å². The molecular weight excluding hydrogens is 282 g/mol. The van der Waals surface area contributed by atoms with Crippen LogP contribution in [0.3, 0.4) is 0 Å². The van der Waals surface area contributed by atoms with Gasteiger partial charge < -0.3 is 11.5 Å². The highest BCUT2D eigenvalue weighted by molar-refractivity contribution is 7.89. The van der Waals surface area contributed by atoms with Gasteiger partial charge in [-0.3, -0.25) is 4.79 Å². The second-order valence-corrected chi connectivity index (χ2v) is 5.85. The lowest BCUT2D eigenvalue weighted by atomic mass is 10.2. The Morgan fingerprint density at radius 3 is 2.65 bits per heavy atom. The molecule has 0 aliphatic carbocycles. The Kier molecular flexibility index (Phi) is 3.47. The number of rotatable bonds is 4. The SMILES string of the molecule is CNS(=O)(=O)c1ccc(N)c(-n2cc(C(N)=O)cn2)c1. The van der Waals surface area contributed by atoms with Crippen LogP contribution in [0.25, 0.3) is 5.69 Å². The zero-order chi connectivity index (χ0) is 14.9. The molecule has 0 saturated carbocycles. The zero-order valence-corrected chi connectivity index (χ0v) is 11.4. The number of carbonyl (C=O) groups is 1.